The number of rotatable bonds is 7. The van der Waals surface area contributed by atoms with Crippen molar-refractivity contribution in [2.45, 2.75) is 39.3 Å². The summed E-state index contributed by atoms with van der Waals surface area (Å²) in [4.78, 5) is 11.5. The second-order valence-electron chi connectivity index (χ2n) is 5.92. The zero-order valence-electron chi connectivity index (χ0n) is 13.7. The summed E-state index contributed by atoms with van der Waals surface area (Å²) in [6.45, 7) is 7.67. The minimum Gasteiger partial charge on any atom is -0.497 e. The van der Waals surface area contributed by atoms with Crippen LogP contribution in [0.3, 0.4) is 0 Å². The Balaban J connectivity index is 2.20. The van der Waals surface area contributed by atoms with Crippen molar-refractivity contribution in [3.63, 3.8) is 0 Å². The molecule has 2 N–H and O–H groups in total. The van der Waals surface area contributed by atoms with Gasteiger partial charge in [0.15, 0.2) is 0 Å². The van der Waals surface area contributed by atoms with Gasteiger partial charge in [-0.15, -0.1) is 0 Å². The van der Waals surface area contributed by atoms with E-state index in [0.29, 0.717) is 6.54 Å². The van der Waals surface area contributed by atoms with E-state index >= 15 is 0 Å². The molecule has 1 amide bonds. The van der Waals surface area contributed by atoms with Crippen LogP contribution in [0.5, 0.6) is 5.75 Å². The molecule has 0 aromatic heterocycles. The van der Waals surface area contributed by atoms with Crippen LogP contribution in [0, 0.1) is 0 Å². The normalized spacial score (nSPS) is 11.1. The highest BCUT2D eigenvalue weighted by Gasteiger charge is 2.15. The van der Waals surface area contributed by atoms with Gasteiger partial charge in [-0.25, -0.2) is 4.79 Å². The Morgan fingerprint density at radius 2 is 2.00 bits per heavy atom. The number of hydrogen-bond acceptors (Lipinski definition) is 4. The first kappa shape index (κ1) is 18.8. The van der Waals surface area contributed by atoms with Gasteiger partial charge < -0.3 is 20.1 Å². The highest BCUT2D eigenvalue weighted by molar-refractivity contribution is 9.10. The number of nitrogens with one attached hydrogen (secondary N) is 2. The van der Waals surface area contributed by atoms with Crippen molar-refractivity contribution in [2.24, 2.45) is 0 Å². The minimum absolute atomic E-state index is 0.372. The van der Waals surface area contributed by atoms with E-state index in [1.807, 2.05) is 39.0 Å². The van der Waals surface area contributed by atoms with Gasteiger partial charge in [-0.2, -0.15) is 0 Å². The van der Waals surface area contributed by atoms with Gasteiger partial charge in [-0.3, -0.25) is 0 Å². The number of methoxy groups -OCH3 is 1. The zero-order chi connectivity index (χ0) is 16.6. The monoisotopic (exact) mass is 372 g/mol. The lowest BCUT2D eigenvalue weighted by atomic mass is 10.2. The van der Waals surface area contributed by atoms with E-state index in [9.17, 15) is 4.79 Å². The average molecular weight is 373 g/mol. The van der Waals surface area contributed by atoms with E-state index in [1.54, 1.807) is 7.11 Å². The van der Waals surface area contributed by atoms with Gasteiger partial charge in [-0.1, -0.05) is 15.9 Å². The van der Waals surface area contributed by atoms with Gasteiger partial charge in [-0.05, 0) is 57.5 Å². The molecule has 0 saturated heterocycles. The summed E-state index contributed by atoms with van der Waals surface area (Å²) in [5.74, 6) is 0.839. The fraction of sp³-hybridized carbons (Fsp3) is 0.562. The highest BCUT2D eigenvalue weighted by Crippen LogP contribution is 2.22. The Morgan fingerprint density at radius 3 is 2.64 bits per heavy atom. The summed E-state index contributed by atoms with van der Waals surface area (Å²) >= 11 is 3.52. The van der Waals surface area contributed by atoms with Crippen LogP contribution in [0.15, 0.2) is 22.7 Å². The Labute approximate surface area is 140 Å². The van der Waals surface area contributed by atoms with E-state index in [2.05, 4.69) is 26.6 Å². The van der Waals surface area contributed by atoms with Crippen LogP contribution in [0.2, 0.25) is 0 Å². The summed E-state index contributed by atoms with van der Waals surface area (Å²) in [5, 5.41) is 6.08. The van der Waals surface area contributed by atoms with Crippen LogP contribution in [-0.2, 0) is 11.3 Å². The molecule has 0 aliphatic rings. The Hall–Kier alpha value is -1.27. The molecule has 0 spiro atoms. The number of ether oxygens (including phenoxy) is 2. The van der Waals surface area contributed by atoms with E-state index in [4.69, 9.17) is 9.47 Å². The Morgan fingerprint density at radius 1 is 1.27 bits per heavy atom. The van der Waals surface area contributed by atoms with Crippen molar-refractivity contribution in [3.05, 3.63) is 28.2 Å². The van der Waals surface area contributed by atoms with E-state index in [-0.39, 0.29) is 6.09 Å². The van der Waals surface area contributed by atoms with E-state index < -0.39 is 5.60 Å². The molecular formula is C16H25BrN2O3. The number of benzene rings is 1. The number of hydrogen-bond donors (Lipinski definition) is 2. The third-order valence-electron chi connectivity index (χ3n) is 2.77. The fourth-order valence-corrected chi connectivity index (χ4v) is 2.14. The summed E-state index contributed by atoms with van der Waals surface area (Å²) in [5.41, 5.74) is 0.681. The number of carbonyl (C=O) groups excluding carboxylic acids is 1. The minimum atomic E-state index is -0.457. The highest BCUT2D eigenvalue weighted by atomic mass is 79.9. The molecule has 0 radical (unpaired) electrons. The zero-order valence-corrected chi connectivity index (χ0v) is 15.2. The van der Waals surface area contributed by atoms with Gasteiger partial charge in [0.2, 0.25) is 0 Å². The molecule has 22 heavy (non-hydrogen) atoms. The van der Waals surface area contributed by atoms with Crippen LogP contribution in [0.25, 0.3) is 0 Å². The molecule has 6 heteroatoms. The van der Waals surface area contributed by atoms with Gasteiger partial charge >= 0.3 is 6.09 Å². The molecule has 0 aliphatic heterocycles. The topological polar surface area (TPSA) is 59.6 Å². The Kier molecular flexibility index (Phi) is 7.68. The predicted molar refractivity (Wildman–Crippen MR) is 91.3 cm³/mol. The predicted octanol–water partition coefficient (Wildman–Crippen LogP) is 3.46. The van der Waals surface area contributed by atoms with Crippen molar-refractivity contribution >= 4 is 22.0 Å². The first-order chi connectivity index (χ1) is 10.3. The second kappa shape index (κ2) is 9.00. The van der Waals surface area contributed by atoms with Crippen LogP contribution < -0.4 is 15.4 Å². The standard InChI is InChI=1S/C16H25BrN2O3/c1-16(2,3)22-15(20)19-9-5-8-18-11-12-10-13(21-4)6-7-14(12)17/h6-7,10,18H,5,8-9,11H2,1-4H3,(H,19,20). The van der Waals surface area contributed by atoms with Crippen LogP contribution in [-0.4, -0.2) is 31.9 Å². The smallest absolute Gasteiger partial charge is 0.407 e. The quantitative estimate of drug-likeness (QED) is 0.719. The number of amides is 1. The fourth-order valence-electron chi connectivity index (χ4n) is 1.75. The number of carbonyl (C=O) groups is 1. The summed E-state index contributed by atoms with van der Waals surface area (Å²) < 4.78 is 11.4. The molecular weight excluding hydrogens is 348 g/mol. The van der Waals surface area contributed by atoms with Crippen molar-refractivity contribution < 1.29 is 14.3 Å². The lowest BCUT2D eigenvalue weighted by Gasteiger charge is -2.19. The SMILES string of the molecule is COc1ccc(Br)c(CNCCCNC(=O)OC(C)(C)C)c1. The van der Waals surface area contributed by atoms with Crippen molar-refractivity contribution in [3.8, 4) is 5.75 Å². The van der Waals surface area contributed by atoms with Crippen molar-refractivity contribution in [1.29, 1.82) is 0 Å². The first-order valence-electron chi connectivity index (χ1n) is 7.32. The maximum absolute atomic E-state index is 11.5. The number of alkyl carbamates (subject to hydrolysis) is 1. The molecule has 124 valence electrons. The van der Waals surface area contributed by atoms with Crippen molar-refractivity contribution in [1.82, 2.24) is 10.6 Å². The van der Waals surface area contributed by atoms with Crippen LogP contribution in [0.1, 0.15) is 32.8 Å². The molecule has 0 unspecified atom stereocenters. The molecule has 0 saturated carbocycles. The van der Waals surface area contributed by atoms with E-state index in [1.165, 1.54) is 0 Å². The maximum Gasteiger partial charge on any atom is 0.407 e. The average Bonchev–Trinajstić information content (AvgIpc) is 2.42. The number of halogens is 1. The molecule has 0 aliphatic carbocycles. The summed E-state index contributed by atoms with van der Waals surface area (Å²) in [6.07, 6.45) is 0.462. The first-order valence-corrected chi connectivity index (χ1v) is 8.11. The van der Waals surface area contributed by atoms with Crippen molar-refractivity contribution in [2.75, 3.05) is 20.2 Å². The molecule has 1 aromatic rings. The van der Waals surface area contributed by atoms with Gasteiger partial charge in [0.25, 0.3) is 0 Å². The summed E-state index contributed by atoms with van der Waals surface area (Å²) in [7, 11) is 1.66. The molecule has 0 heterocycles. The molecule has 0 fully saturated rings. The van der Waals surface area contributed by atoms with Gasteiger partial charge in [0, 0.05) is 17.6 Å². The Bertz CT molecular complexity index is 487. The lowest BCUT2D eigenvalue weighted by molar-refractivity contribution is 0.0527. The third kappa shape index (κ3) is 7.66. The van der Waals surface area contributed by atoms with Crippen LogP contribution >= 0.6 is 15.9 Å². The largest absolute Gasteiger partial charge is 0.497 e. The second-order valence-corrected chi connectivity index (χ2v) is 6.77. The lowest BCUT2D eigenvalue weighted by Crippen LogP contribution is -2.33. The molecule has 1 aromatic carbocycles. The third-order valence-corrected chi connectivity index (χ3v) is 3.54. The van der Waals surface area contributed by atoms with Gasteiger partial charge in [0.05, 0.1) is 7.11 Å². The molecule has 0 bridgehead atoms. The molecule has 1 rings (SSSR count). The maximum atomic E-state index is 11.5. The van der Waals surface area contributed by atoms with E-state index in [0.717, 1.165) is 35.3 Å². The van der Waals surface area contributed by atoms with Gasteiger partial charge in [0.1, 0.15) is 11.4 Å². The summed E-state index contributed by atoms with van der Waals surface area (Å²) in [6, 6.07) is 5.88. The molecule has 0 atom stereocenters. The van der Waals surface area contributed by atoms with Crippen LogP contribution in [0.4, 0.5) is 4.79 Å². The molecule has 5 nitrogen and oxygen atoms in total.